The number of ether oxygens (including phenoxy) is 1. The Balaban J connectivity index is 2.12. The van der Waals surface area contributed by atoms with Gasteiger partial charge in [-0.15, -0.1) is 0 Å². The Hall–Kier alpha value is -2.69. The number of benzene rings is 2. The van der Waals surface area contributed by atoms with Gasteiger partial charge in [0.15, 0.2) is 0 Å². The van der Waals surface area contributed by atoms with Crippen LogP contribution in [-0.2, 0) is 6.42 Å². The topological polar surface area (TPSA) is 47.0 Å². The molecule has 2 aromatic carbocycles. The molecule has 0 atom stereocenters. The number of rotatable bonds is 4. The maximum absolute atomic E-state index is 14.2. The zero-order chi connectivity index (χ0) is 16.4. The van der Waals surface area contributed by atoms with E-state index in [-0.39, 0.29) is 5.82 Å². The van der Waals surface area contributed by atoms with Crippen LogP contribution in [-0.4, -0.2) is 17.1 Å². The van der Waals surface area contributed by atoms with Crippen LogP contribution in [0.5, 0.6) is 5.75 Å². The molecule has 1 N–H and O–H groups in total. The van der Waals surface area contributed by atoms with Gasteiger partial charge in [0, 0.05) is 11.5 Å². The third-order valence-corrected chi connectivity index (χ3v) is 3.86. The SMILES string of the molecule is CCc1cc2c(Nc3cccc(C)c3F)ncnc2cc1OC. The number of fused-ring (bicyclic) bond motifs is 1. The Bertz CT molecular complexity index is 864. The van der Waals surface area contributed by atoms with Crippen LogP contribution in [0.25, 0.3) is 10.9 Å². The van der Waals surface area contributed by atoms with Gasteiger partial charge in [-0.1, -0.05) is 19.1 Å². The van der Waals surface area contributed by atoms with Gasteiger partial charge in [-0.25, -0.2) is 14.4 Å². The summed E-state index contributed by atoms with van der Waals surface area (Å²) < 4.78 is 19.6. The van der Waals surface area contributed by atoms with Crippen molar-refractivity contribution in [2.75, 3.05) is 12.4 Å². The number of hydrogen-bond acceptors (Lipinski definition) is 4. The van der Waals surface area contributed by atoms with Gasteiger partial charge in [-0.3, -0.25) is 0 Å². The van der Waals surface area contributed by atoms with Crippen molar-refractivity contribution in [2.45, 2.75) is 20.3 Å². The molecule has 3 aromatic rings. The highest BCUT2D eigenvalue weighted by molar-refractivity contribution is 5.92. The summed E-state index contributed by atoms with van der Waals surface area (Å²) in [5.41, 5.74) is 2.80. The fraction of sp³-hybridized carbons (Fsp3) is 0.222. The smallest absolute Gasteiger partial charge is 0.149 e. The van der Waals surface area contributed by atoms with Crippen molar-refractivity contribution >= 4 is 22.4 Å². The number of nitrogens with one attached hydrogen (secondary N) is 1. The highest BCUT2D eigenvalue weighted by atomic mass is 19.1. The lowest BCUT2D eigenvalue weighted by molar-refractivity contribution is 0.410. The first-order chi connectivity index (χ1) is 11.1. The van der Waals surface area contributed by atoms with Gasteiger partial charge >= 0.3 is 0 Å². The summed E-state index contributed by atoms with van der Waals surface area (Å²) in [6, 6.07) is 9.11. The molecule has 0 amide bonds. The number of halogens is 1. The Kier molecular flexibility index (Phi) is 4.10. The molecule has 4 nitrogen and oxygen atoms in total. The average Bonchev–Trinajstić information content (AvgIpc) is 2.58. The molecule has 0 radical (unpaired) electrons. The van der Waals surface area contributed by atoms with Crippen LogP contribution >= 0.6 is 0 Å². The zero-order valence-corrected chi connectivity index (χ0v) is 13.4. The van der Waals surface area contributed by atoms with E-state index in [1.54, 1.807) is 26.2 Å². The molecular weight excluding hydrogens is 293 g/mol. The molecule has 1 aromatic heterocycles. The maximum Gasteiger partial charge on any atom is 0.149 e. The van der Waals surface area contributed by atoms with Gasteiger partial charge in [-0.2, -0.15) is 0 Å². The largest absolute Gasteiger partial charge is 0.496 e. The minimum atomic E-state index is -0.275. The summed E-state index contributed by atoms with van der Waals surface area (Å²) in [5, 5.41) is 3.92. The summed E-state index contributed by atoms with van der Waals surface area (Å²) in [4.78, 5) is 8.56. The van der Waals surface area contributed by atoms with E-state index < -0.39 is 0 Å². The number of aryl methyl sites for hydroxylation is 2. The summed E-state index contributed by atoms with van der Waals surface area (Å²) in [5.74, 6) is 1.10. The fourth-order valence-corrected chi connectivity index (χ4v) is 2.57. The standard InChI is InChI=1S/C18H18FN3O/c1-4-12-8-13-15(9-16(12)23-3)20-10-21-18(13)22-14-7-5-6-11(2)17(14)19/h5-10H,4H2,1-3H3,(H,20,21,22). The molecule has 23 heavy (non-hydrogen) atoms. The van der Waals surface area contributed by atoms with E-state index in [1.807, 2.05) is 18.2 Å². The van der Waals surface area contributed by atoms with Crippen molar-refractivity contribution < 1.29 is 9.13 Å². The number of aromatic nitrogens is 2. The summed E-state index contributed by atoms with van der Waals surface area (Å²) in [6.45, 7) is 3.79. The quantitative estimate of drug-likeness (QED) is 0.776. The van der Waals surface area contributed by atoms with Crippen LogP contribution in [0.4, 0.5) is 15.9 Å². The fourth-order valence-electron chi connectivity index (χ4n) is 2.57. The van der Waals surface area contributed by atoms with Crippen molar-refractivity contribution in [3.05, 3.63) is 53.6 Å². The first kappa shape index (κ1) is 15.2. The average molecular weight is 311 g/mol. The first-order valence-corrected chi connectivity index (χ1v) is 7.47. The van der Waals surface area contributed by atoms with Crippen molar-refractivity contribution in [3.8, 4) is 5.75 Å². The number of anilines is 2. The van der Waals surface area contributed by atoms with Gasteiger partial charge in [0.2, 0.25) is 0 Å². The van der Waals surface area contributed by atoms with E-state index in [0.717, 1.165) is 28.6 Å². The van der Waals surface area contributed by atoms with Gasteiger partial charge < -0.3 is 10.1 Å². The van der Waals surface area contributed by atoms with E-state index in [4.69, 9.17) is 4.74 Å². The lowest BCUT2D eigenvalue weighted by Crippen LogP contribution is -2.00. The maximum atomic E-state index is 14.2. The molecule has 0 aliphatic carbocycles. The zero-order valence-electron chi connectivity index (χ0n) is 13.4. The lowest BCUT2D eigenvalue weighted by Gasteiger charge is -2.13. The van der Waals surface area contributed by atoms with Crippen molar-refractivity contribution in [1.82, 2.24) is 9.97 Å². The molecule has 0 aliphatic rings. The molecule has 0 bridgehead atoms. The molecular formula is C18H18FN3O. The van der Waals surface area contributed by atoms with Gasteiger partial charge in [0.25, 0.3) is 0 Å². The Morgan fingerprint density at radius 3 is 2.78 bits per heavy atom. The van der Waals surface area contributed by atoms with Crippen molar-refractivity contribution in [2.24, 2.45) is 0 Å². The van der Waals surface area contributed by atoms with E-state index >= 15 is 0 Å². The van der Waals surface area contributed by atoms with Gasteiger partial charge in [0.05, 0.1) is 18.3 Å². The van der Waals surface area contributed by atoms with Gasteiger partial charge in [-0.05, 0) is 36.6 Å². The van der Waals surface area contributed by atoms with E-state index in [9.17, 15) is 4.39 Å². The highest BCUT2D eigenvalue weighted by Crippen LogP contribution is 2.30. The molecule has 5 heteroatoms. The number of methoxy groups -OCH3 is 1. The third kappa shape index (κ3) is 2.82. The Morgan fingerprint density at radius 1 is 1.22 bits per heavy atom. The molecule has 0 unspecified atom stereocenters. The molecule has 118 valence electrons. The van der Waals surface area contributed by atoms with Crippen LogP contribution in [0, 0.1) is 12.7 Å². The molecule has 0 saturated carbocycles. The normalized spacial score (nSPS) is 10.8. The van der Waals surface area contributed by atoms with Crippen molar-refractivity contribution in [3.63, 3.8) is 0 Å². The Morgan fingerprint density at radius 2 is 2.04 bits per heavy atom. The highest BCUT2D eigenvalue weighted by Gasteiger charge is 2.11. The van der Waals surface area contributed by atoms with Gasteiger partial charge in [0.1, 0.15) is 23.7 Å². The van der Waals surface area contributed by atoms with E-state index in [0.29, 0.717) is 17.1 Å². The first-order valence-electron chi connectivity index (χ1n) is 7.47. The predicted molar refractivity (Wildman–Crippen MR) is 89.9 cm³/mol. The summed E-state index contributed by atoms with van der Waals surface area (Å²) in [7, 11) is 1.64. The molecule has 1 heterocycles. The molecule has 0 aliphatic heterocycles. The second-order valence-electron chi connectivity index (χ2n) is 5.32. The Labute approximate surface area is 134 Å². The monoisotopic (exact) mass is 311 g/mol. The van der Waals surface area contributed by atoms with E-state index in [1.165, 1.54) is 6.33 Å². The van der Waals surface area contributed by atoms with E-state index in [2.05, 4.69) is 22.2 Å². The van der Waals surface area contributed by atoms with Crippen molar-refractivity contribution in [1.29, 1.82) is 0 Å². The minimum absolute atomic E-state index is 0.275. The second kappa shape index (κ2) is 6.20. The molecule has 0 spiro atoms. The lowest BCUT2D eigenvalue weighted by atomic mass is 10.1. The minimum Gasteiger partial charge on any atom is -0.496 e. The summed E-state index contributed by atoms with van der Waals surface area (Å²) in [6.07, 6.45) is 2.29. The second-order valence-corrected chi connectivity index (χ2v) is 5.32. The number of hydrogen-bond donors (Lipinski definition) is 1. The molecule has 3 rings (SSSR count). The molecule has 0 saturated heterocycles. The third-order valence-electron chi connectivity index (χ3n) is 3.86. The predicted octanol–water partition coefficient (Wildman–Crippen LogP) is 4.39. The molecule has 0 fully saturated rings. The van der Waals surface area contributed by atoms with Crippen LogP contribution < -0.4 is 10.1 Å². The summed E-state index contributed by atoms with van der Waals surface area (Å²) >= 11 is 0. The van der Waals surface area contributed by atoms with Crippen LogP contribution in [0.2, 0.25) is 0 Å². The van der Waals surface area contributed by atoms with Crippen LogP contribution in [0.1, 0.15) is 18.1 Å². The van der Waals surface area contributed by atoms with Crippen LogP contribution in [0.3, 0.4) is 0 Å². The van der Waals surface area contributed by atoms with Crippen LogP contribution in [0.15, 0.2) is 36.7 Å². The number of nitrogens with zero attached hydrogens (tertiary/aromatic N) is 2.